The number of amides is 3. The zero-order valence-corrected chi connectivity index (χ0v) is 14.6. The van der Waals surface area contributed by atoms with E-state index >= 15 is 0 Å². The number of aryl methyl sites for hydroxylation is 3. The average molecular weight is 336 g/mol. The van der Waals surface area contributed by atoms with E-state index in [0.29, 0.717) is 11.1 Å². The van der Waals surface area contributed by atoms with Crippen LogP contribution in [-0.2, 0) is 4.79 Å². The predicted molar refractivity (Wildman–Crippen MR) is 95.7 cm³/mol. The van der Waals surface area contributed by atoms with Gasteiger partial charge in [-0.25, -0.2) is 0 Å². The molecule has 0 spiro atoms. The maximum Gasteiger partial charge on any atom is 0.261 e. The summed E-state index contributed by atoms with van der Waals surface area (Å²) in [6.07, 6.45) is 0.0673. The van der Waals surface area contributed by atoms with Crippen molar-refractivity contribution in [1.29, 1.82) is 0 Å². The smallest absolute Gasteiger partial charge is 0.261 e. The van der Waals surface area contributed by atoms with Crippen LogP contribution in [0.5, 0.6) is 0 Å². The molecule has 25 heavy (non-hydrogen) atoms. The molecule has 5 nitrogen and oxygen atoms in total. The second-order valence-corrected chi connectivity index (χ2v) is 6.43. The second kappa shape index (κ2) is 6.51. The third-order valence-corrected chi connectivity index (χ3v) is 4.36. The molecule has 0 atom stereocenters. The molecule has 0 saturated carbocycles. The van der Waals surface area contributed by atoms with Gasteiger partial charge in [-0.3, -0.25) is 19.3 Å². The van der Waals surface area contributed by atoms with E-state index in [1.807, 2.05) is 39.0 Å². The molecule has 0 fully saturated rings. The van der Waals surface area contributed by atoms with E-state index in [2.05, 4.69) is 5.32 Å². The molecule has 0 aromatic heterocycles. The summed E-state index contributed by atoms with van der Waals surface area (Å²) in [5, 5.41) is 2.85. The number of carbonyl (C=O) groups excluding carboxylic acids is 3. The van der Waals surface area contributed by atoms with Crippen LogP contribution in [-0.4, -0.2) is 29.2 Å². The van der Waals surface area contributed by atoms with Gasteiger partial charge in [-0.15, -0.1) is 0 Å². The lowest BCUT2D eigenvalue weighted by Crippen LogP contribution is -2.32. The van der Waals surface area contributed by atoms with E-state index in [1.165, 1.54) is 0 Å². The molecule has 3 rings (SSSR count). The molecule has 2 aromatic rings. The van der Waals surface area contributed by atoms with Gasteiger partial charge in [0.2, 0.25) is 5.91 Å². The van der Waals surface area contributed by atoms with E-state index in [9.17, 15) is 14.4 Å². The monoisotopic (exact) mass is 336 g/mol. The highest BCUT2D eigenvalue weighted by Crippen LogP contribution is 2.24. The zero-order chi connectivity index (χ0) is 18.1. The zero-order valence-electron chi connectivity index (χ0n) is 14.6. The Bertz CT molecular complexity index is 887. The number of anilines is 1. The number of hydrogen-bond acceptors (Lipinski definition) is 3. The summed E-state index contributed by atoms with van der Waals surface area (Å²) >= 11 is 0. The quantitative estimate of drug-likeness (QED) is 0.872. The lowest BCUT2D eigenvalue weighted by molar-refractivity contribution is -0.116. The molecule has 1 heterocycles. The van der Waals surface area contributed by atoms with Crippen LogP contribution < -0.4 is 5.32 Å². The number of benzene rings is 2. The highest BCUT2D eigenvalue weighted by Gasteiger charge is 2.35. The van der Waals surface area contributed by atoms with Gasteiger partial charge in [0.05, 0.1) is 11.1 Å². The van der Waals surface area contributed by atoms with Gasteiger partial charge in [-0.2, -0.15) is 0 Å². The molecule has 1 N–H and O–H groups in total. The maximum atomic E-state index is 12.4. The summed E-state index contributed by atoms with van der Waals surface area (Å²) < 4.78 is 0. The van der Waals surface area contributed by atoms with Crippen molar-refractivity contribution in [2.24, 2.45) is 0 Å². The molecule has 0 saturated heterocycles. The Hall–Kier alpha value is -2.95. The van der Waals surface area contributed by atoms with Crippen LogP contribution in [0.15, 0.2) is 36.4 Å². The fourth-order valence-corrected chi connectivity index (χ4v) is 2.90. The molecule has 0 radical (unpaired) electrons. The van der Waals surface area contributed by atoms with Gasteiger partial charge in [-0.05, 0) is 50.1 Å². The van der Waals surface area contributed by atoms with Crippen LogP contribution in [0.25, 0.3) is 0 Å². The SMILES string of the molecule is Cc1ccc(C)c(NC(=O)CCN2C(=O)c3ccc(C)cc3C2=O)c1. The van der Waals surface area contributed by atoms with Crippen molar-refractivity contribution in [2.75, 3.05) is 11.9 Å². The van der Waals surface area contributed by atoms with E-state index < -0.39 is 0 Å². The van der Waals surface area contributed by atoms with Crippen LogP contribution in [0.2, 0.25) is 0 Å². The first-order valence-corrected chi connectivity index (χ1v) is 8.21. The third-order valence-electron chi connectivity index (χ3n) is 4.36. The van der Waals surface area contributed by atoms with Gasteiger partial charge in [-0.1, -0.05) is 23.8 Å². The number of carbonyl (C=O) groups is 3. The lowest BCUT2D eigenvalue weighted by atomic mass is 10.1. The number of fused-ring (bicyclic) bond motifs is 1. The number of hydrogen-bond donors (Lipinski definition) is 1. The van der Waals surface area contributed by atoms with Gasteiger partial charge in [0.1, 0.15) is 0 Å². The van der Waals surface area contributed by atoms with Crippen molar-refractivity contribution < 1.29 is 14.4 Å². The Morgan fingerprint density at radius 2 is 1.56 bits per heavy atom. The number of imide groups is 1. The minimum atomic E-state index is -0.334. The van der Waals surface area contributed by atoms with Crippen LogP contribution in [0.3, 0.4) is 0 Å². The normalized spacial score (nSPS) is 13.2. The van der Waals surface area contributed by atoms with E-state index in [0.717, 1.165) is 27.3 Å². The summed E-state index contributed by atoms with van der Waals surface area (Å²) in [7, 11) is 0. The van der Waals surface area contributed by atoms with Crippen molar-refractivity contribution >= 4 is 23.4 Å². The summed E-state index contributed by atoms with van der Waals surface area (Å²) in [5.74, 6) is -0.885. The average Bonchev–Trinajstić information content (AvgIpc) is 2.80. The van der Waals surface area contributed by atoms with Crippen LogP contribution in [0, 0.1) is 20.8 Å². The largest absolute Gasteiger partial charge is 0.326 e. The van der Waals surface area contributed by atoms with Crippen LogP contribution in [0.4, 0.5) is 5.69 Å². The molecule has 0 aliphatic carbocycles. The minimum absolute atomic E-state index is 0.0673. The summed E-state index contributed by atoms with van der Waals surface area (Å²) in [6.45, 7) is 5.82. The van der Waals surface area contributed by atoms with Gasteiger partial charge in [0.25, 0.3) is 11.8 Å². The van der Waals surface area contributed by atoms with Crippen molar-refractivity contribution in [2.45, 2.75) is 27.2 Å². The maximum absolute atomic E-state index is 12.4. The molecule has 5 heteroatoms. The molecule has 2 aromatic carbocycles. The second-order valence-electron chi connectivity index (χ2n) is 6.43. The van der Waals surface area contributed by atoms with Gasteiger partial charge >= 0.3 is 0 Å². The molecule has 1 aliphatic heterocycles. The first-order chi connectivity index (χ1) is 11.9. The van der Waals surface area contributed by atoms with E-state index in [4.69, 9.17) is 0 Å². The van der Waals surface area contributed by atoms with E-state index in [-0.39, 0.29) is 30.7 Å². The summed E-state index contributed by atoms with van der Waals surface area (Å²) in [6, 6.07) is 11.0. The number of rotatable bonds is 4. The van der Waals surface area contributed by atoms with Crippen molar-refractivity contribution in [3.8, 4) is 0 Å². The molecule has 128 valence electrons. The first-order valence-electron chi connectivity index (χ1n) is 8.21. The molecular weight excluding hydrogens is 316 g/mol. The van der Waals surface area contributed by atoms with Crippen molar-refractivity contribution in [1.82, 2.24) is 4.90 Å². The Labute approximate surface area is 146 Å². The predicted octanol–water partition coefficient (Wildman–Crippen LogP) is 3.24. The topological polar surface area (TPSA) is 66.5 Å². The fourth-order valence-electron chi connectivity index (χ4n) is 2.90. The van der Waals surface area contributed by atoms with Gasteiger partial charge in [0.15, 0.2) is 0 Å². The Morgan fingerprint density at radius 3 is 2.32 bits per heavy atom. The fraction of sp³-hybridized carbons (Fsp3) is 0.250. The van der Waals surface area contributed by atoms with Crippen molar-refractivity contribution in [3.05, 3.63) is 64.2 Å². The summed E-state index contributed by atoms with van der Waals surface area (Å²) in [5.41, 5.74) is 4.52. The number of nitrogens with one attached hydrogen (secondary N) is 1. The number of nitrogens with zero attached hydrogens (tertiary/aromatic N) is 1. The Balaban J connectivity index is 1.66. The molecule has 0 unspecified atom stereocenters. The minimum Gasteiger partial charge on any atom is -0.326 e. The molecule has 1 aliphatic rings. The van der Waals surface area contributed by atoms with Gasteiger partial charge in [0, 0.05) is 18.7 Å². The molecule has 3 amide bonds. The first kappa shape index (κ1) is 16.9. The highest BCUT2D eigenvalue weighted by molar-refractivity contribution is 6.21. The standard InChI is InChI=1S/C20H20N2O3/c1-12-5-7-15-16(10-12)20(25)22(19(15)24)9-8-18(23)21-17-11-13(2)4-6-14(17)3/h4-7,10-11H,8-9H2,1-3H3,(H,21,23). The van der Waals surface area contributed by atoms with Crippen LogP contribution >= 0.6 is 0 Å². The van der Waals surface area contributed by atoms with Crippen molar-refractivity contribution in [3.63, 3.8) is 0 Å². The van der Waals surface area contributed by atoms with Crippen LogP contribution in [0.1, 0.15) is 43.8 Å². The Morgan fingerprint density at radius 1 is 0.920 bits per heavy atom. The van der Waals surface area contributed by atoms with Gasteiger partial charge < -0.3 is 5.32 Å². The third kappa shape index (κ3) is 3.31. The molecule has 0 bridgehead atoms. The van der Waals surface area contributed by atoms with E-state index in [1.54, 1.807) is 18.2 Å². The lowest BCUT2D eigenvalue weighted by Gasteiger charge is -2.14. The molecular formula is C20H20N2O3. The Kier molecular flexibility index (Phi) is 4.40. The highest BCUT2D eigenvalue weighted by atomic mass is 16.2. The summed E-state index contributed by atoms with van der Waals surface area (Å²) in [4.78, 5) is 38.1.